The molecule has 4 aromatic rings. The Morgan fingerprint density at radius 1 is 1.04 bits per heavy atom. The van der Waals surface area contributed by atoms with Gasteiger partial charge in [0, 0.05) is 46.9 Å². The number of carbonyl (C=O) groups excluding carboxylic acids is 1. The topological polar surface area (TPSA) is 193 Å². The third-order valence-electron chi connectivity index (χ3n) is 12.1. The number of quaternary nitrogens is 1. The fourth-order valence-electron chi connectivity index (χ4n) is 9.59. The Labute approximate surface area is 316 Å². The predicted molar refractivity (Wildman–Crippen MR) is 203 cm³/mol. The number of rotatable bonds is 6. The quantitative estimate of drug-likeness (QED) is 0.128. The van der Waals surface area contributed by atoms with Gasteiger partial charge in [-0.3, -0.25) is 14.7 Å². The molecule has 1 unspecified atom stereocenters. The third-order valence-corrected chi connectivity index (χ3v) is 12.1. The highest BCUT2D eigenvalue weighted by Crippen LogP contribution is 2.60. The Balaban J connectivity index is 0.891. The number of epoxide rings is 1. The van der Waals surface area contributed by atoms with Crippen LogP contribution in [0, 0.1) is 18.8 Å². The molecule has 2 bridgehead atoms. The number of ether oxygens (including phenoxy) is 3. The van der Waals surface area contributed by atoms with E-state index >= 15 is 0 Å². The van der Waals surface area contributed by atoms with Gasteiger partial charge in [-0.05, 0) is 81.9 Å². The number of fused-ring (bicyclic) bond motifs is 9. The number of benzene rings is 1. The highest BCUT2D eigenvalue weighted by molar-refractivity contribution is 5.88. The normalized spacial score (nSPS) is 29.2. The van der Waals surface area contributed by atoms with Crippen LogP contribution >= 0.6 is 0 Å². The lowest BCUT2D eigenvalue weighted by atomic mass is 9.71. The Morgan fingerprint density at radius 3 is 2.71 bits per heavy atom. The van der Waals surface area contributed by atoms with E-state index in [1.54, 1.807) is 19.1 Å². The minimum absolute atomic E-state index is 0.0876. The zero-order chi connectivity index (χ0) is 38.0. The van der Waals surface area contributed by atoms with Crippen LogP contribution in [0.5, 0.6) is 11.5 Å². The van der Waals surface area contributed by atoms with Crippen molar-refractivity contribution in [1.82, 2.24) is 9.97 Å². The molecule has 6 N–H and O–H groups in total. The molecule has 1 aromatic carbocycles. The van der Waals surface area contributed by atoms with Crippen molar-refractivity contribution in [2.45, 2.75) is 75.9 Å². The molecule has 1 spiro atoms. The van der Waals surface area contributed by atoms with E-state index in [-0.39, 0.29) is 40.1 Å². The van der Waals surface area contributed by atoms with Crippen LogP contribution in [0.15, 0.2) is 86.3 Å². The van der Waals surface area contributed by atoms with E-state index in [9.17, 15) is 14.7 Å². The molecule has 0 radical (unpaired) electrons. The average molecular weight is 742 g/mol. The smallest absolute Gasteiger partial charge is 0.342 e. The molecular formula is C42H41N6O7+. The molecule has 8 heterocycles. The van der Waals surface area contributed by atoms with Crippen molar-refractivity contribution in [1.29, 1.82) is 0 Å². The highest BCUT2D eigenvalue weighted by Gasteiger charge is 2.70. The van der Waals surface area contributed by atoms with Gasteiger partial charge in [0.2, 0.25) is 0 Å². The van der Waals surface area contributed by atoms with Crippen LogP contribution in [0.3, 0.4) is 0 Å². The first-order chi connectivity index (χ1) is 26.4. The number of hydrogen-bond donors (Lipinski definition) is 4. The summed E-state index contributed by atoms with van der Waals surface area (Å²) in [5.41, 5.74) is 16.4. The summed E-state index contributed by atoms with van der Waals surface area (Å²) < 4.78 is 25.0. The van der Waals surface area contributed by atoms with Gasteiger partial charge in [0.05, 0.1) is 17.5 Å². The Morgan fingerprint density at radius 2 is 1.87 bits per heavy atom. The maximum Gasteiger partial charge on any atom is 0.342 e. The molecule has 2 fully saturated rings. The SMILES string of the molecule is Cc1cc(=O)c2c(O)c3c(cc2o1)OC(C)(C)[C@@H]1OC(=O)[C@@]2(O[C@@H]2CCc2cc(N)nc(-c4cc(N)nc(C[NH+]5C=C6N=CC=C6C5)c4)c2)[C@@H]2C=C[C@@H](C2)[C@H]31. The van der Waals surface area contributed by atoms with Gasteiger partial charge in [0.25, 0.3) is 0 Å². The highest BCUT2D eigenvalue weighted by atomic mass is 16.7. The first-order valence-corrected chi connectivity index (χ1v) is 18.8. The first kappa shape index (κ1) is 33.8. The second-order valence-corrected chi connectivity index (χ2v) is 16.2. The number of pyridine rings is 2. The second-order valence-electron chi connectivity index (χ2n) is 16.2. The van der Waals surface area contributed by atoms with Gasteiger partial charge in [-0.25, -0.2) is 14.8 Å². The fraction of sp³-hybridized carbons (Fsp3) is 0.357. The van der Waals surface area contributed by atoms with Crippen LogP contribution in [0.1, 0.15) is 55.2 Å². The van der Waals surface area contributed by atoms with Crippen molar-refractivity contribution in [3.05, 3.63) is 105 Å². The van der Waals surface area contributed by atoms with Crippen molar-refractivity contribution >= 4 is 34.8 Å². The van der Waals surface area contributed by atoms with Crippen LogP contribution in [-0.4, -0.2) is 57.2 Å². The van der Waals surface area contributed by atoms with E-state index in [0.717, 1.165) is 29.1 Å². The lowest BCUT2D eigenvalue weighted by Gasteiger charge is -2.47. The van der Waals surface area contributed by atoms with Crippen molar-refractivity contribution in [2.75, 3.05) is 18.0 Å². The van der Waals surface area contributed by atoms with Gasteiger partial charge < -0.3 is 35.2 Å². The lowest BCUT2D eigenvalue weighted by Crippen LogP contribution is -3.04. The number of allylic oxidation sites excluding steroid dienone is 2. The average Bonchev–Trinajstić information content (AvgIpc) is 3.41. The minimum Gasteiger partial charge on any atom is -0.507 e. The number of esters is 1. The second kappa shape index (κ2) is 11.9. The molecule has 5 aliphatic heterocycles. The Hall–Kier alpha value is -5.79. The minimum atomic E-state index is -1.14. The molecule has 0 saturated carbocycles. The molecule has 7 atom stereocenters. The van der Waals surface area contributed by atoms with Crippen LogP contribution < -0.4 is 26.5 Å². The van der Waals surface area contributed by atoms with Gasteiger partial charge in [-0.1, -0.05) is 12.2 Å². The van der Waals surface area contributed by atoms with E-state index in [2.05, 4.69) is 33.3 Å². The molecule has 55 heavy (non-hydrogen) atoms. The number of nitrogens with zero attached hydrogens (tertiary/aromatic N) is 3. The number of aromatic hydroxyl groups is 1. The van der Waals surface area contributed by atoms with E-state index in [1.807, 2.05) is 44.3 Å². The maximum absolute atomic E-state index is 14.3. The van der Waals surface area contributed by atoms with Gasteiger partial charge in [-0.15, -0.1) is 0 Å². The number of anilines is 2. The maximum atomic E-state index is 14.3. The number of aromatic nitrogens is 2. The zero-order valence-corrected chi connectivity index (χ0v) is 30.7. The number of aliphatic imine (C=N–C) groups is 1. The predicted octanol–water partition coefficient (Wildman–Crippen LogP) is 3.82. The number of phenols is 1. The molecular weight excluding hydrogens is 700 g/mol. The molecule has 1 aliphatic carbocycles. The molecule has 13 nitrogen and oxygen atoms in total. The summed E-state index contributed by atoms with van der Waals surface area (Å²) in [6.07, 6.45) is 10.8. The Bertz CT molecular complexity index is 2540. The number of nitrogen functional groups attached to an aromatic ring is 2. The molecule has 6 aliphatic rings. The van der Waals surface area contributed by atoms with Gasteiger partial charge in [0.1, 0.15) is 76.6 Å². The fourth-order valence-corrected chi connectivity index (χ4v) is 9.59. The summed E-state index contributed by atoms with van der Waals surface area (Å²) in [5, 5.41) is 11.7. The summed E-state index contributed by atoms with van der Waals surface area (Å²) in [4.78, 5) is 42.2. The Kier molecular flexibility index (Phi) is 7.27. The largest absolute Gasteiger partial charge is 0.507 e. The molecule has 280 valence electrons. The van der Waals surface area contributed by atoms with E-state index in [0.29, 0.717) is 60.2 Å². The first-order valence-electron chi connectivity index (χ1n) is 18.8. The third kappa shape index (κ3) is 5.39. The number of nitrogens with one attached hydrogen (secondary N) is 1. The van der Waals surface area contributed by atoms with Crippen molar-refractivity contribution in [3.8, 4) is 22.8 Å². The van der Waals surface area contributed by atoms with E-state index in [4.69, 9.17) is 30.1 Å². The summed E-state index contributed by atoms with van der Waals surface area (Å²) in [6, 6.07) is 10.7. The number of phenolic OH excluding ortho intramolecular Hbond substituents is 1. The van der Waals surface area contributed by atoms with Crippen LogP contribution in [-0.2, 0) is 27.2 Å². The van der Waals surface area contributed by atoms with E-state index < -0.39 is 29.2 Å². The number of hydrogen-bond acceptors (Lipinski definition) is 12. The summed E-state index contributed by atoms with van der Waals surface area (Å²) in [7, 11) is 0. The standard InChI is InChI=1S/C42H40N6O7/c1-20-10-29(49)36-30(52-20)16-31-37(38(36)50)35-22-5-6-25(13-22)42(40(51)53-39(35)41(2,3)54-31)32(55-42)7-4-21-11-27(47-33(43)12-21)24-14-26(46-34(44)15-24)18-48-17-23-8-9-45-28(23)19-48/h5-6,8-12,14-16,19,22,25,32,35,39,50H,4,7,13,17-18H2,1-3H3,(H2,43,47)(H2,44,46)/p+1/t22-,25+,32+,35+,39+,42+/m0/s1. The molecule has 2 saturated heterocycles. The van der Waals surface area contributed by atoms with Gasteiger partial charge >= 0.3 is 5.97 Å². The summed E-state index contributed by atoms with van der Waals surface area (Å²) in [5.74, 6) is 0.190. The summed E-state index contributed by atoms with van der Waals surface area (Å²) in [6.45, 7) is 6.93. The van der Waals surface area contributed by atoms with Gasteiger partial charge in [0.15, 0.2) is 11.0 Å². The van der Waals surface area contributed by atoms with Crippen LogP contribution in [0.4, 0.5) is 11.6 Å². The lowest BCUT2D eigenvalue weighted by molar-refractivity contribution is -0.852. The monoisotopic (exact) mass is 741 g/mol. The number of carbonyl (C=O) groups is 1. The van der Waals surface area contributed by atoms with Crippen molar-refractivity contribution in [3.63, 3.8) is 0 Å². The van der Waals surface area contributed by atoms with Gasteiger partial charge in [-0.2, -0.15) is 0 Å². The summed E-state index contributed by atoms with van der Waals surface area (Å²) >= 11 is 0. The van der Waals surface area contributed by atoms with Crippen molar-refractivity contribution < 1.29 is 33.4 Å². The molecule has 10 rings (SSSR count). The zero-order valence-electron chi connectivity index (χ0n) is 30.7. The van der Waals surface area contributed by atoms with Crippen LogP contribution in [0.25, 0.3) is 22.2 Å². The van der Waals surface area contributed by atoms with Crippen LogP contribution in [0.2, 0.25) is 0 Å². The molecule has 3 aromatic heterocycles. The number of aryl methyl sites for hydroxylation is 2. The van der Waals surface area contributed by atoms with E-state index in [1.165, 1.54) is 16.5 Å². The number of nitrogens with two attached hydrogens (primary N) is 2. The van der Waals surface area contributed by atoms with Crippen molar-refractivity contribution in [2.24, 2.45) is 16.8 Å². The molecule has 13 heteroatoms. The molecule has 0 amide bonds.